The van der Waals surface area contributed by atoms with E-state index in [1.54, 1.807) is 0 Å². The zero-order valence-corrected chi connectivity index (χ0v) is 34.2. The van der Waals surface area contributed by atoms with Gasteiger partial charge in [0, 0.05) is 71.1 Å². The first kappa shape index (κ1) is 36.0. The van der Waals surface area contributed by atoms with E-state index in [1.807, 2.05) is 66.7 Å². The van der Waals surface area contributed by atoms with Gasteiger partial charge in [-0.2, -0.15) is 0 Å². The molecule has 4 aromatic heterocycles. The minimum Gasteiger partial charge on any atom is -0.456 e. The molecule has 13 aromatic rings. The summed E-state index contributed by atoms with van der Waals surface area (Å²) in [5.41, 5.74) is 13.2. The molecule has 0 unspecified atom stereocenters. The molecule has 0 atom stereocenters. The predicted octanol–water partition coefficient (Wildman–Crippen LogP) is 15.4. The summed E-state index contributed by atoms with van der Waals surface area (Å²) in [6, 6.07) is 70.9. The Bertz CT molecular complexity index is 3930. The van der Waals surface area contributed by atoms with Gasteiger partial charge in [0.25, 0.3) is 0 Å². The standard InChI is InChI=1S/C58H34N4O2/c1-3-14-37(15-4-1)54-46-34-50-53(45-20-9-12-25-49(45)63-50)51(52(46)44-19-7-10-23-47(44)59-54)36-28-32-40(33-29-36)58-61-56(38-16-5-2-6-17-38)60-57(62-58)39-30-26-35(27-31-39)41-21-13-22-43-42-18-8-11-24-48(42)64-55(41)43/h1-34H. The lowest BCUT2D eigenvalue weighted by Gasteiger charge is -2.16. The zero-order valence-electron chi connectivity index (χ0n) is 34.2. The van der Waals surface area contributed by atoms with Crippen molar-refractivity contribution in [1.82, 2.24) is 19.9 Å². The van der Waals surface area contributed by atoms with Crippen LogP contribution in [0.3, 0.4) is 0 Å². The number of hydrogen-bond acceptors (Lipinski definition) is 6. The Morgan fingerprint density at radius 2 is 0.812 bits per heavy atom. The molecule has 0 aliphatic rings. The maximum atomic E-state index is 6.63. The van der Waals surface area contributed by atoms with E-state index >= 15 is 0 Å². The largest absolute Gasteiger partial charge is 0.456 e. The molecule has 0 saturated carbocycles. The van der Waals surface area contributed by atoms with Crippen LogP contribution in [0, 0.1) is 0 Å². The first-order valence-corrected chi connectivity index (χ1v) is 21.4. The van der Waals surface area contributed by atoms with Crippen LogP contribution in [0.4, 0.5) is 0 Å². The van der Waals surface area contributed by atoms with Gasteiger partial charge in [-0.25, -0.2) is 19.9 Å². The molecule has 0 aliphatic heterocycles. The van der Waals surface area contributed by atoms with Gasteiger partial charge in [-0.05, 0) is 35.4 Å². The Balaban J connectivity index is 0.967. The molecule has 0 N–H and O–H groups in total. The van der Waals surface area contributed by atoms with Crippen LogP contribution in [0.1, 0.15) is 0 Å². The van der Waals surface area contributed by atoms with Crippen molar-refractivity contribution >= 4 is 65.6 Å². The highest BCUT2D eigenvalue weighted by Crippen LogP contribution is 2.46. The molecular weight excluding hydrogens is 785 g/mol. The average Bonchev–Trinajstić information content (AvgIpc) is 3.94. The number of rotatable bonds is 6. The molecule has 9 aromatic carbocycles. The quantitative estimate of drug-likeness (QED) is 0.156. The van der Waals surface area contributed by atoms with E-state index in [1.165, 1.54) is 0 Å². The van der Waals surface area contributed by atoms with Gasteiger partial charge in [0.05, 0.1) is 11.2 Å². The normalized spacial score (nSPS) is 11.8. The van der Waals surface area contributed by atoms with Gasteiger partial charge in [0.15, 0.2) is 17.5 Å². The van der Waals surface area contributed by atoms with E-state index in [-0.39, 0.29) is 0 Å². The maximum Gasteiger partial charge on any atom is 0.164 e. The summed E-state index contributed by atoms with van der Waals surface area (Å²) in [6.07, 6.45) is 0. The van der Waals surface area contributed by atoms with Crippen LogP contribution < -0.4 is 0 Å². The second kappa shape index (κ2) is 14.4. The fourth-order valence-corrected chi connectivity index (χ4v) is 9.33. The van der Waals surface area contributed by atoms with Crippen molar-refractivity contribution in [3.63, 3.8) is 0 Å². The minimum absolute atomic E-state index is 0.587. The van der Waals surface area contributed by atoms with Gasteiger partial charge in [-0.1, -0.05) is 182 Å². The van der Waals surface area contributed by atoms with Gasteiger partial charge >= 0.3 is 0 Å². The second-order valence-electron chi connectivity index (χ2n) is 16.1. The number of pyridine rings is 1. The molecule has 4 heterocycles. The molecule has 298 valence electrons. The topological polar surface area (TPSA) is 77.8 Å². The molecule has 0 amide bonds. The van der Waals surface area contributed by atoms with Crippen LogP contribution >= 0.6 is 0 Å². The fourth-order valence-electron chi connectivity index (χ4n) is 9.33. The third kappa shape index (κ3) is 5.81. The van der Waals surface area contributed by atoms with Crippen molar-refractivity contribution in [2.45, 2.75) is 0 Å². The van der Waals surface area contributed by atoms with Crippen molar-refractivity contribution in [3.05, 3.63) is 206 Å². The number of furan rings is 2. The van der Waals surface area contributed by atoms with Crippen LogP contribution in [0.5, 0.6) is 0 Å². The number of fused-ring (bicyclic) bond motifs is 9. The van der Waals surface area contributed by atoms with Crippen molar-refractivity contribution < 1.29 is 8.83 Å². The van der Waals surface area contributed by atoms with Crippen molar-refractivity contribution in [2.75, 3.05) is 0 Å². The van der Waals surface area contributed by atoms with Gasteiger partial charge in [-0.15, -0.1) is 0 Å². The average molecular weight is 819 g/mol. The van der Waals surface area contributed by atoms with E-state index in [9.17, 15) is 0 Å². The Morgan fingerprint density at radius 1 is 0.297 bits per heavy atom. The molecule has 6 heteroatoms. The number of para-hydroxylation sites is 4. The third-order valence-corrected chi connectivity index (χ3v) is 12.3. The lowest BCUT2D eigenvalue weighted by molar-refractivity contribution is 0.669. The Kier molecular flexibility index (Phi) is 8.11. The molecule has 0 bridgehead atoms. The first-order chi connectivity index (χ1) is 31.7. The van der Waals surface area contributed by atoms with E-state index in [2.05, 4.69) is 140 Å². The molecule has 64 heavy (non-hydrogen) atoms. The lowest BCUT2D eigenvalue weighted by Crippen LogP contribution is -2.00. The number of nitrogens with zero attached hydrogens (tertiary/aromatic N) is 4. The molecule has 0 fully saturated rings. The van der Waals surface area contributed by atoms with Gasteiger partial charge in [0.2, 0.25) is 0 Å². The third-order valence-electron chi connectivity index (χ3n) is 12.3. The fraction of sp³-hybridized carbons (Fsp3) is 0. The SMILES string of the molecule is c1ccc(-c2nc(-c3ccc(-c4cccc5c4oc4ccccc45)cc3)nc(-c3ccc(-c4c5c(cc6c(-c7ccccc7)nc7ccccc7c46)oc4ccccc45)cc3)n2)cc1. The molecule has 0 radical (unpaired) electrons. The van der Waals surface area contributed by atoms with E-state index < -0.39 is 0 Å². The summed E-state index contributed by atoms with van der Waals surface area (Å²) in [6.45, 7) is 0. The Morgan fingerprint density at radius 3 is 1.50 bits per heavy atom. The van der Waals surface area contributed by atoms with E-state index in [4.69, 9.17) is 28.8 Å². The number of benzene rings is 9. The minimum atomic E-state index is 0.587. The molecule has 13 rings (SSSR count). The lowest BCUT2D eigenvalue weighted by atomic mass is 9.89. The smallest absolute Gasteiger partial charge is 0.164 e. The summed E-state index contributed by atoms with van der Waals surface area (Å²) in [5, 5.41) is 7.59. The summed E-state index contributed by atoms with van der Waals surface area (Å²) in [5.74, 6) is 1.78. The van der Waals surface area contributed by atoms with Crippen molar-refractivity contribution in [1.29, 1.82) is 0 Å². The van der Waals surface area contributed by atoms with Crippen molar-refractivity contribution in [3.8, 4) is 67.7 Å². The highest BCUT2D eigenvalue weighted by Gasteiger charge is 2.22. The summed E-state index contributed by atoms with van der Waals surface area (Å²) >= 11 is 0. The summed E-state index contributed by atoms with van der Waals surface area (Å²) in [4.78, 5) is 20.5. The highest BCUT2D eigenvalue weighted by molar-refractivity contribution is 6.27. The summed E-state index contributed by atoms with van der Waals surface area (Å²) in [7, 11) is 0. The predicted molar refractivity (Wildman–Crippen MR) is 260 cm³/mol. The van der Waals surface area contributed by atoms with E-state index in [0.29, 0.717) is 17.5 Å². The number of aromatic nitrogens is 4. The van der Waals surface area contributed by atoms with Crippen LogP contribution in [-0.2, 0) is 0 Å². The van der Waals surface area contributed by atoms with Gasteiger partial charge < -0.3 is 8.83 Å². The van der Waals surface area contributed by atoms with Crippen LogP contribution in [-0.4, -0.2) is 19.9 Å². The molecule has 6 nitrogen and oxygen atoms in total. The first-order valence-electron chi connectivity index (χ1n) is 21.4. The van der Waals surface area contributed by atoms with Crippen LogP contribution in [0.15, 0.2) is 215 Å². The highest BCUT2D eigenvalue weighted by atomic mass is 16.3. The molecular formula is C58H34N4O2. The number of hydrogen-bond donors (Lipinski definition) is 0. The Hall–Kier alpha value is -8.74. The summed E-state index contributed by atoms with van der Waals surface area (Å²) < 4.78 is 13.0. The molecule has 0 aliphatic carbocycles. The van der Waals surface area contributed by atoms with Crippen molar-refractivity contribution in [2.24, 2.45) is 0 Å². The molecule has 0 spiro atoms. The second-order valence-corrected chi connectivity index (χ2v) is 16.1. The molecule has 0 saturated heterocycles. The Labute approximate surface area is 366 Å². The monoisotopic (exact) mass is 818 g/mol. The van der Waals surface area contributed by atoms with Gasteiger partial charge in [0.1, 0.15) is 22.3 Å². The maximum absolute atomic E-state index is 6.63. The van der Waals surface area contributed by atoms with Crippen LogP contribution in [0.25, 0.3) is 133 Å². The van der Waals surface area contributed by atoms with E-state index in [0.717, 1.165) is 116 Å². The van der Waals surface area contributed by atoms with Crippen LogP contribution in [0.2, 0.25) is 0 Å². The van der Waals surface area contributed by atoms with Gasteiger partial charge in [-0.3, -0.25) is 0 Å². The zero-order chi connectivity index (χ0) is 42.1.